The second kappa shape index (κ2) is 9.28. The number of carbonyl (C=O) groups excluding carboxylic acids is 1. The number of carbonyl (C=O) groups is 1. The lowest BCUT2D eigenvalue weighted by Gasteiger charge is -2.48. The molecule has 9 heteroatoms. The van der Waals surface area contributed by atoms with Gasteiger partial charge in [0.15, 0.2) is 11.6 Å². The highest BCUT2D eigenvalue weighted by molar-refractivity contribution is 7.11. The molecule has 0 bridgehead atoms. The van der Waals surface area contributed by atoms with Crippen LogP contribution in [-0.2, 0) is 11.2 Å². The van der Waals surface area contributed by atoms with Crippen LogP contribution in [-0.4, -0.2) is 47.0 Å². The van der Waals surface area contributed by atoms with Crippen molar-refractivity contribution in [1.82, 2.24) is 14.9 Å². The fourth-order valence-electron chi connectivity index (χ4n) is 6.15. The number of pyridine rings is 1. The first kappa shape index (κ1) is 24.7. The fourth-order valence-corrected chi connectivity index (χ4v) is 7.00. The standard InChI is InChI=1S/C29H27F2N5OS/c1-3-24(37)36-14-29(15-36)9-10-35(13-29)28-21(12-32)25(20-5-4-6-22(30)26(20)31)19-8-7-18(11-23(19)34-28)27-17(2)33-16-38-27/h4-6,11,16H,3,7-10,13-15H2,1-2H3. The molecule has 4 heterocycles. The van der Waals surface area contributed by atoms with Crippen molar-refractivity contribution in [3.05, 3.63) is 62.7 Å². The maximum Gasteiger partial charge on any atom is 0.222 e. The van der Waals surface area contributed by atoms with E-state index in [1.54, 1.807) is 11.3 Å². The van der Waals surface area contributed by atoms with E-state index in [9.17, 15) is 14.4 Å². The van der Waals surface area contributed by atoms with E-state index in [1.165, 1.54) is 12.1 Å². The Kier molecular flexibility index (Phi) is 6.03. The zero-order valence-electron chi connectivity index (χ0n) is 21.4. The molecule has 0 atom stereocenters. The zero-order chi connectivity index (χ0) is 26.6. The van der Waals surface area contributed by atoms with Gasteiger partial charge in [-0.2, -0.15) is 5.26 Å². The van der Waals surface area contributed by atoms with E-state index in [2.05, 4.69) is 16.0 Å². The number of nitrogens with zero attached hydrogens (tertiary/aromatic N) is 5. The number of hydrogen-bond donors (Lipinski definition) is 0. The van der Waals surface area contributed by atoms with Gasteiger partial charge in [-0.15, -0.1) is 11.3 Å². The van der Waals surface area contributed by atoms with Crippen molar-refractivity contribution >= 4 is 34.7 Å². The number of likely N-dealkylation sites (tertiary alicyclic amines) is 1. The summed E-state index contributed by atoms with van der Waals surface area (Å²) in [6.07, 6.45) is 4.64. The number of aryl methyl sites for hydroxylation is 1. The van der Waals surface area contributed by atoms with Gasteiger partial charge in [0, 0.05) is 49.1 Å². The van der Waals surface area contributed by atoms with E-state index < -0.39 is 11.6 Å². The van der Waals surface area contributed by atoms with Gasteiger partial charge in [-0.25, -0.2) is 18.7 Å². The first-order valence-corrected chi connectivity index (χ1v) is 13.8. The number of hydrogen-bond acceptors (Lipinski definition) is 6. The van der Waals surface area contributed by atoms with Crippen molar-refractivity contribution in [1.29, 1.82) is 5.26 Å². The summed E-state index contributed by atoms with van der Waals surface area (Å²) in [5.74, 6) is -1.25. The summed E-state index contributed by atoms with van der Waals surface area (Å²) in [7, 11) is 0. The maximum atomic E-state index is 15.2. The Balaban J connectivity index is 1.48. The van der Waals surface area contributed by atoms with Gasteiger partial charge in [-0.1, -0.05) is 19.1 Å². The van der Waals surface area contributed by atoms with Crippen molar-refractivity contribution in [3.63, 3.8) is 0 Å². The van der Waals surface area contributed by atoms with E-state index in [4.69, 9.17) is 4.98 Å². The fraction of sp³-hybridized carbons (Fsp3) is 0.379. The topological polar surface area (TPSA) is 73.1 Å². The summed E-state index contributed by atoms with van der Waals surface area (Å²) in [5, 5.41) is 10.4. The molecule has 38 heavy (non-hydrogen) atoms. The molecule has 1 aliphatic carbocycles. The van der Waals surface area contributed by atoms with Gasteiger partial charge in [0.25, 0.3) is 0 Å². The van der Waals surface area contributed by atoms with Gasteiger partial charge < -0.3 is 9.80 Å². The minimum Gasteiger partial charge on any atom is -0.355 e. The average molecular weight is 532 g/mol. The number of fused-ring (bicyclic) bond motifs is 1. The third kappa shape index (κ3) is 3.90. The van der Waals surface area contributed by atoms with Crippen LogP contribution in [0, 0.1) is 35.3 Å². The van der Waals surface area contributed by atoms with Crippen molar-refractivity contribution in [2.75, 3.05) is 31.1 Å². The second-order valence-corrected chi connectivity index (χ2v) is 11.3. The van der Waals surface area contributed by atoms with Crippen molar-refractivity contribution < 1.29 is 13.6 Å². The molecule has 0 radical (unpaired) electrons. The van der Waals surface area contributed by atoms with Crippen LogP contribution in [0.2, 0.25) is 0 Å². The molecule has 0 N–H and O–H groups in total. The molecule has 6 nitrogen and oxygen atoms in total. The predicted molar refractivity (Wildman–Crippen MR) is 143 cm³/mol. The highest BCUT2D eigenvalue weighted by Crippen LogP contribution is 2.46. The zero-order valence-corrected chi connectivity index (χ0v) is 22.2. The number of aromatic nitrogens is 2. The summed E-state index contributed by atoms with van der Waals surface area (Å²) in [6, 6.07) is 6.40. The molecule has 194 valence electrons. The Morgan fingerprint density at radius 3 is 2.76 bits per heavy atom. The number of allylic oxidation sites excluding steroid dienone is 1. The smallest absolute Gasteiger partial charge is 0.222 e. The molecule has 1 amide bonds. The van der Waals surface area contributed by atoms with Gasteiger partial charge in [-0.05, 0) is 49.5 Å². The van der Waals surface area contributed by atoms with Gasteiger partial charge in [-0.3, -0.25) is 4.79 Å². The molecular weight excluding hydrogens is 504 g/mol. The Labute approximate surface area is 224 Å². The molecule has 2 aliphatic heterocycles. The lowest BCUT2D eigenvalue weighted by atomic mass is 9.79. The number of nitriles is 1. The molecule has 1 aromatic carbocycles. The van der Waals surface area contributed by atoms with Crippen LogP contribution < -0.4 is 4.90 Å². The highest BCUT2D eigenvalue weighted by atomic mass is 32.1. The van der Waals surface area contributed by atoms with Crippen molar-refractivity contribution in [2.45, 2.75) is 39.5 Å². The highest BCUT2D eigenvalue weighted by Gasteiger charge is 2.49. The van der Waals surface area contributed by atoms with Crippen molar-refractivity contribution in [3.8, 4) is 17.2 Å². The van der Waals surface area contributed by atoms with Crippen LogP contribution in [0.1, 0.15) is 53.6 Å². The monoisotopic (exact) mass is 531 g/mol. The molecular formula is C29H27F2N5OS. The van der Waals surface area contributed by atoms with Crippen LogP contribution in [0.15, 0.2) is 23.7 Å². The maximum absolute atomic E-state index is 15.2. The van der Waals surface area contributed by atoms with Crippen LogP contribution >= 0.6 is 11.3 Å². The molecule has 0 unspecified atom stereocenters. The van der Waals surface area contributed by atoms with Crippen LogP contribution in [0.25, 0.3) is 22.8 Å². The molecule has 3 aromatic rings. The SMILES string of the molecule is CCC(=O)N1CC2(CCN(c3nc4c(c(-c5cccc(F)c5F)c3C#N)CCC(c3scnc3C)=C4)C2)C1. The number of amides is 1. The molecule has 2 aromatic heterocycles. The van der Waals surface area contributed by atoms with Gasteiger partial charge in [0.05, 0.1) is 21.8 Å². The second-order valence-electron chi connectivity index (χ2n) is 10.5. The van der Waals surface area contributed by atoms with Gasteiger partial charge >= 0.3 is 0 Å². The molecule has 2 saturated heterocycles. The quantitative estimate of drug-likeness (QED) is 0.438. The van der Waals surface area contributed by atoms with Crippen LogP contribution in [0.5, 0.6) is 0 Å². The van der Waals surface area contributed by atoms with Crippen LogP contribution in [0.3, 0.4) is 0 Å². The number of halogens is 2. The summed E-state index contributed by atoms with van der Waals surface area (Å²) >= 11 is 1.58. The minimum atomic E-state index is -0.956. The Morgan fingerprint density at radius 2 is 2.05 bits per heavy atom. The summed E-state index contributed by atoms with van der Waals surface area (Å²) in [4.78, 5) is 26.6. The first-order chi connectivity index (χ1) is 18.3. The number of anilines is 1. The third-order valence-electron chi connectivity index (χ3n) is 8.08. The predicted octanol–water partition coefficient (Wildman–Crippen LogP) is 5.60. The lowest BCUT2D eigenvalue weighted by Crippen LogP contribution is -2.59. The largest absolute Gasteiger partial charge is 0.355 e. The lowest BCUT2D eigenvalue weighted by molar-refractivity contribution is -0.141. The minimum absolute atomic E-state index is 0.0276. The summed E-state index contributed by atoms with van der Waals surface area (Å²) in [5.41, 5.74) is 6.09. The number of benzene rings is 1. The number of thiazole rings is 1. The molecule has 3 aliphatic rings. The first-order valence-electron chi connectivity index (χ1n) is 12.9. The third-order valence-corrected chi connectivity index (χ3v) is 9.09. The van der Waals surface area contributed by atoms with Gasteiger partial charge in [0.2, 0.25) is 5.91 Å². The number of rotatable bonds is 4. The molecule has 0 saturated carbocycles. The van der Waals surface area contributed by atoms with E-state index >= 15 is 4.39 Å². The molecule has 1 spiro atoms. The van der Waals surface area contributed by atoms with E-state index in [0.29, 0.717) is 62.5 Å². The normalized spacial score (nSPS) is 17.7. The molecule has 2 fully saturated rings. The Morgan fingerprint density at radius 1 is 1.24 bits per heavy atom. The van der Waals surface area contributed by atoms with E-state index in [1.807, 2.05) is 30.3 Å². The summed E-state index contributed by atoms with van der Waals surface area (Å²) < 4.78 is 29.6. The van der Waals surface area contributed by atoms with Crippen molar-refractivity contribution in [2.24, 2.45) is 5.41 Å². The Hall–Kier alpha value is -3.64. The van der Waals surface area contributed by atoms with E-state index in [0.717, 1.165) is 34.2 Å². The van der Waals surface area contributed by atoms with Gasteiger partial charge in [0.1, 0.15) is 17.5 Å². The molecule has 6 rings (SSSR count). The Bertz CT molecular complexity index is 1530. The average Bonchev–Trinajstić information content (AvgIpc) is 3.54. The van der Waals surface area contributed by atoms with E-state index in [-0.39, 0.29) is 22.4 Å². The summed E-state index contributed by atoms with van der Waals surface area (Å²) in [6.45, 7) is 6.59. The van der Waals surface area contributed by atoms with Crippen LogP contribution in [0.4, 0.5) is 14.6 Å².